The number of benzene rings is 1. The van der Waals surface area contributed by atoms with E-state index in [-0.39, 0.29) is 6.10 Å². The molecule has 4 heteroatoms. The third kappa shape index (κ3) is 3.28. The molecule has 2 N–H and O–H groups in total. The van der Waals surface area contributed by atoms with Gasteiger partial charge in [0, 0.05) is 17.2 Å². The molecule has 0 unspecified atom stereocenters. The maximum absolute atomic E-state index is 5.81. The molecule has 0 saturated carbocycles. The molecule has 3 nitrogen and oxygen atoms in total. The Kier molecular flexibility index (Phi) is 4.12. The second-order valence-electron chi connectivity index (χ2n) is 3.59. The van der Waals surface area contributed by atoms with Crippen LogP contribution in [0, 0.1) is 0 Å². The summed E-state index contributed by atoms with van der Waals surface area (Å²) in [6.45, 7) is 0.427. The van der Waals surface area contributed by atoms with Gasteiger partial charge in [0.1, 0.15) is 11.9 Å². The molecule has 1 heterocycles. The first-order valence-corrected chi connectivity index (χ1v) is 6.11. The number of pyridine rings is 1. The lowest BCUT2D eigenvalue weighted by atomic mass is 10.1. The van der Waals surface area contributed by atoms with Crippen LogP contribution in [0.1, 0.15) is 11.7 Å². The van der Waals surface area contributed by atoms with E-state index in [2.05, 4.69) is 20.9 Å². The van der Waals surface area contributed by atoms with E-state index >= 15 is 0 Å². The number of halogens is 1. The highest BCUT2D eigenvalue weighted by molar-refractivity contribution is 9.10. The van der Waals surface area contributed by atoms with Gasteiger partial charge in [0.2, 0.25) is 0 Å². The highest BCUT2D eigenvalue weighted by Crippen LogP contribution is 2.22. The van der Waals surface area contributed by atoms with Crippen LogP contribution in [-0.4, -0.2) is 11.5 Å². The molecule has 0 spiro atoms. The fraction of sp³-hybridized carbons (Fsp3) is 0.154. The molecule has 2 aromatic rings. The van der Waals surface area contributed by atoms with Crippen molar-refractivity contribution < 1.29 is 4.74 Å². The van der Waals surface area contributed by atoms with Gasteiger partial charge in [-0.25, -0.2) is 0 Å². The minimum absolute atomic E-state index is 0.146. The van der Waals surface area contributed by atoms with Crippen LogP contribution in [0.5, 0.6) is 5.75 Å². The maximum atomic E-state index is 5.81. The number of ether oxygens (including phenoxy) is 1. The predicted octanol–water partition coefficient (Wildman–Crippen LogP) is 2.92. The van der Waals surface area contributed by atoms with Crippen molar-refractivity contribution in [2.45, 2.75) is 6.10 Å². The topological polar surface area (TPSA) is 48.1 Å². The highest BCUT2D eigenvalue weighted by atomic mass is 79.9. The Morgan fingerprint density at radius 1 is 1.24 bits per heavy atom. The molecular weight excluding hydrogens is 280 g/mol. The molecule has 17 heavy (non-hydrogen) atoms. The Hall–Kier alpha value is -1.39. The van der Waals surface area contributed by atoms with Gasteiger partial charge in [-0.1, -0.05) is 30.3 Å². The summed E-state index contributed by atoms with van der Waals surface area (Å²) < 4.78 is 6.70. The third-order valence-corrected chi connectivity index (χ3v) is 2.78. The second kappa shape index (κ2) is 5.80. The van der Waals surface area contributed by atoms with Crippen LogP contribution < -0.4 is 10.5 Å². The molecule has 0 bridgehead atoms. The molecule has 0 aliphatic heterocycles. The van der Waals surface area contributed by atoms with Crippen LogP contribution in [0.3, 0.4) is 0 Å². The minimum atomic E-state index is -0.146. The summed E-state index contributed by atoms with van der Waals surface area (Å²) in [4.78, 5) is 4.05. The summed E-state index contributed by atoms with van der Waals surface area (Å²) in [7, 11) is 0. The maximum Gasteiger partial charge on any atom is 0.139 e. The number of nitrogens with zero attached hydrogens (tertiary/aromatic N) is 1. The Bertz CT molecular complexity index is 476. The van der Waals surface area contributed by atoms with Gasteiger partial charge in [-0.05, 0) is 27.6 Å². The third-order valence-electron chi connectivity index (χ3n) is 2.34. The van der Waals surface area contributed by atoms with Gasteiger partial charge in [-0.3, -0.25) is 4.98 Å². The van der Waals surface area contributed by atoms with Gasteiger partial charge in [0.25, 0.3) is 0 Å². The monoisotopic (exact) mass is 292 g/mol. The van der Waals surface area contributed by atoms with Crippen molar-refractivity contribution in [3.63, 3.8) is 0 Å². The van der Waals surface area contributed by atoms with Gasteiger partial charge >= 0.3 is 0 Å². The van der Waals surface area contributed by atoms with Crippen molar-refractivity contribution >= 4 is 15.9 Å². The second-order valence-corrected chi connectivity index (χ2v) is 4.51. The zero-order chi connectivity index (χ0) is 12.1. The Morgan fingerprint density at radius 2 is 2.00 bits per heavy atom. The first-order chi connectivity index (χ1) is 8.29. The summed E-state index contributed by atoms with van der Waals surface area (Å²) in [6.07, 6.45) is 3.25. The van der Waals surface area contributed by atoms with Crippen molar-refractivity contribution in [2.75, 3.05) is 6.54 Å². The van der Waals surface area contributed by atoms with Gasteiger partial charge < -0.3 is 10.5 Å². The van der Waals surface area contributed by atoms with E-state index in [1.54, 1.807) is 12.4 Å². The molecule has 0 saturated heterocycles. The molecule has 1 aromatic heterocycles. The molecular formula is C13H13BrN2O. The summed E-state index contributed by atoms with van der Waals surface area (Å²) in [6, 6.07) is 11.8. The number of hydrogen-bond donors (Lipinski definition) is 1. The van der Waals surface area contributed by atoms with Crippen molar-refractivity contribution in [1.82, 2.24) is 4.98 Å². The van der Waals surface area contributed by atoms with E-state index < -0.39 is 0 Å². The van der Waals surface area contributed by atoms with E-state index in [1.807, 2.05) is 36.4 Å². The Balaban J connectivity index is 2.16. The molecule has 0 aliphatic carbocycles. The van der Waals surface area contributed by atoms with Crippen LogP contribution in [0.15, 0.2) is 53.3 Å². The zero-order valence-electron chi connectivity index (χ0n) is 9.21. The summed E-state index contributed by atoms with van der Waals surface area (Å²) in [5, 5.41) is 0. The van der Waals surface area contributed by atoms with E-state index in [0.29, 0.717) is 12.3 Å². The molecule has 1 aromatic carbocycles. The van der Waals surface area contributed by atoms with E-state index in [4.69, 9.17) is 10.5 Å². The molecule has 0 radical (unpaired) electrons. The van der Waals surface area contributed by atoms with E-state index in [1.165, 1.54) is 0 Å². The van der Waals surface area contributed by atoms with Crippen LogP contribution >= 0.6 is 15.9 Å². The first-order valence-electron chi connectivity index (χ1n) is 5.32. The predicted molar refractivity (Wildman–Crippen MR) is 70.8 cm³/mol. The fourth-order valence-corrected chi connectivity index (χ4v) is 1.88. The lowest BCUT2D eigenvalue weighted by Crippen LogP contribution is -2.18. The van der Waals surface area contributed by atoms with Crippen molar-refractivity contribution in [2.24, 2.45) is 5.73 Å². The van der Waals surface area contributed by atoms with Crippen molar-refractivity contribution in [3.05, 3.63) is 58.8 Å². The quantitative estimate of drug-likeness (QED) is 0.943. The minimum Gasteiger partial charge on any atom is -0.483 e. The van der Waals surface area contributed by atoms with Crippen LogP contribution in [0.4, 0.5) is 0 Å². The largest absolute Gasteiger partial charge is 0.483 e. The van der Waals surface area contributed by atoms with E-state index in [9.17, 15) is 0 Å². The molecule has 0 fully saturated rings. The van der Waals surface area contributed by atoms with Crippen molar-refractivity contribution in [1.29, 1.82) is 0 Å². The average molecular weight is 293 g/mol. The smallest absolute Gasteiger partial charge is 0.139 e. The van der Waals surface area contributed by atoms with Crippen molar-refractivity contribution in [3.8, 4) is 5.75 Å². The van der Waals surface area contributed by atoms with Gasteiger partial charge in [0.15, 0.2) is 0 Å². The van der Waals surface area contributed by atoms with Gasteiger partial charge in [-0.15, -0.1) is 0 Å². The van der Waals surface area contributed by atoms with Crippen LogP contribution in [0.25, 0.3) is 0 Å². The highest BCUT2D eigenvalue weighted by Gasteiger charge is 2.11. The Labute approximate surface area is 109 Å². The lowest BCUT2D eigenvalue weighted by molar-refractivity contribution is 0.213. The first kappa shape index (κ1) is 12.1. The normalized spacial score (nSPS) is 12.1. The summed E-state index contributed by atoms with van der Waals surface area (Å²) in [5.41, 5.74) is 6.80. The average Bonchev–Trinajstić information content (AvgIpc) is 2.37. The fourth-order valence-electron chi connectivity index (χ4n) is 1.54. The molecule has 88 valence electrons. The number of aromatic nitrogens is 1. The Morgan fingerprint density at radius 3 is 2.65 bits per heavy atom. The van der Waals surface area contributed by atoms with Crippen LogP contribution in [-0.2, 0) is 0 Å². The van der Waals surface area contributed by atoms with Gasteiger partial charge in [-0.2, -0.15) is 0 Å². The summed E-state index contributed by atoms with van der Waals surface area (Å²) in [5.74, 6) is 0.707. The number of rotatable bonds is 4. The zero-order valence-corrected chi connectivity index (χ0v) is 10.8. The summed E-state index contributed by atoms with van der Waals surface area (Å²) >= 11 is 3.36. The van der Waals surface area contributed by atoms with Gasteiger partial charge in [0.05, 0.1) is 6.20 Å². The molecule has 0 aliphatic rings. The number of nitrogens with two attached hydrogens (primary N) is 1. The SMILES string of the molecule is NC[C@H](Oc1cncc(Br)c1)c1ccccc1. The molecule has 0 amide bonds. The van der Waals surface area contributed by atoms with E-state index in [0.717, 1.165) is 10.0 Å². The van der Waals surface area contributed by atoms with Crippen LogP contribution in [0.2, 0.25) is 0 Å². The molecule has 2 rings (SSSR count). The lowest BCUT2D eigenvalue weighted by Gasteiger charge is -2.17. The number of hydrogen-bond acceptors (Lipinski definition) is 3. The molecule has 1 atom stereocenters. The standard InChI is InChI=1S/C13H13BrN2O/c14-11-6-12(9-16-8-11)17-13(7-15)10-4-2-1-3-5-10/h1-6,8-9,13H,7,15H2/t13-/m0/s1.